The van der Waals surface area contributed by atoms with E-state index in [0.717, 1.165) is 21.9 Å². The van der Waals surface area contributed by atoms with Crippen LogP contribution in [0, 0.1) is 13.8 Å². The molecule has 1 N–H and O–H groups in total. The van der Waals surface area contributed by atoms with Crippen LogP contribution in [-0.2, 0) is 11.3 Å². The van der Waals surface area contributed by atoms with Gasteiger partial charge in [0.2, 0.25) is 0 Å². The van der Waals surface area contributed by atoms with Gasteiger partial charge in [0.05, 0.1) is 30.2 Å². The first kappa shape index (κ1) is 14.4. The van der Waals surface area contributed by atoms with E-state index in [2.05, 4.69) is 10.2 Å². The number of hydrogen-bond acceptors (Lipinski definition) is 5. The first-order valence-electron chi connectivity index (χ1n) is 6.52. The van der Waals surface area contributed by atoms with E-state index >= 15 is 0 Å². The van der Waals surface area contributed by atoms with Crippen molar-refractivity contribution in [3.63, 3.8) is 0 Å². The zero-order chi connectivity index (χ0) is 14.9. The fourth-order valence-corrected chi connectivity index (χ4v) is 2.32. The summed E-state index contributed by atoms with van der Waals surface area (Å²) in [5.74, 6) is -0.334. The summed E-state index contributed by atoms with van der Waals surface area (Å²) in [6.45, 7) is 7.16. The third kappa shape index (κ3) is 2.49. The monoisotopic (exact) mass is 274 g/mol. The number of fused-ring (bicyclic) bond motifs is 1. The highest BCUT2D eigenvalue weighted by Gasteiger charge is 2.19. The number of rotatable bonds is 3. The van der Waals surface area contributed by atoms with Crippen LogP contribution in [0.2, 0.25) is 0 Å². The zero-order valence-electron chi connectivity index (χ0n) is 12.1. The second-order valence-electron chi connectivity index (χ2n) is 5.06. The van der Waals surface area contributed by atoms with E-state index < -0.39 is 0 Å². The largest absolute Gasteiger partial charge is 0.459 e. The fourth-order valence-electron chi connectivity index (χ4n) is 2.32. The number of aryl methyl sites for hydroxylation is 2. The van der Waals surface area contributed by atoms with Crippen molar-refractivity contribution in [1.82, 2.24) is 10.2 Å². The van der Waals surface area contributed by atoms with Gasteiger partial charge in [-0.25, -0.2) is 4.79 Å². The molecule has 2 rings (SSSR count). The summed E-state index contributed by atoms with van der Waals surface area (Å²) >= 11 is 0. The Labute approximate surface area is 117 Å². The average molecular weight is 274 g/mol. The number of benzene rings is 1. The molecule has 1 heterocycles. The molecule has 5 nitrogen and oxygen atoms in total. The van der Waals surface area contributed by atoms with Crippen LogP contribution in [0.25, 0.3) is 10.8 Å². The van der Waals surface area contributed by atoms with E-state index in [1.165, 1.54) is 0 Å². The van der Waals surface area contributed by atoms with E-state index in [4.69, 9.17) is 4.74 Å². The Bertz CT molecular complexity index is 666. The van der Waals surface area contributed by atoms with Crippen molar-refractivity contribution in [2.45, 2.75) is 40.4 Å². The molecule has 0 unspecified atom stereocenters. The highest BCUT2D eigenvalue weighted by molar-refractivity contribution is 6.00. The van der Waals surface area contributed by atoms with Crippen LogP contribution in [0.1, 0.15) is 41.0 Å². The van der Waals surface area contributed by atoms with Gasteiger partial charge in [-0.3, -0.25) is 0 Å². The van der Waals surface area contributed by atoms with Gasteiger partial charge < -0.3 is 9.84 Å². The Hall–Kier alpha value is -2.01. The van der Waals surface area contributed by atoms with Gasteiger partial charge in [0.25, 0.3) is 0 Å². The molecule has 0 saturated heterocycles. The molecule has 0 aliphatic heterocycles. The number of carbonyl (C=O) groups excluding carboxylic acids is 1. The predicted molar refractivity (Wildman–Crippen MR) is 75.5 cm³/mol. The van der Waals surface area contributed by atoms with E-state index in [-0.39, 0.29) is 18.7 Å². The van der Waals surface area contributed by atoms with E-state index in [9.17, 15) is 9.90 Å². The van der Waals surface area contributed by atoms with Crippen molar-refractivity contribution in [3.8, 4) is 0 Å². The molecule has 0 aliphatic carbocycles. The average Bonchev–Trinajstić information content (AvgIpc) is 2.37. The van der Waals surface area contributed by atoms with Crippen molar-refractivity contribution in [1.29, 1.82) is 0 Å². The minimum Gasteiger partial charge on any atom is -0.459 e. The lowest BCUT2D eigenvalue weighted by atomic mass is 9.96. The molecular formula is C15H18N2O3. The lowest BCUT2D eigenvalue weighted by Gasteiger charge is -2.15. The number of aromatic nitrogens is 2. The van der Waals surface area contributed by atoms with Crippen LogP contribution in [-0.4, -0.2) is 27.4 Å². The first-order chi connectivity index (χ1) is 9.45. The molecule has 0 amide bonds. The molecule has 0 fully saturated rings. The number of aliphatic hydroxyl groups excluding tert-OH is 1. The topological polar surface area (TPSA) is 72.3 Å². The summed E-state index contributed by atoms with van der Waals surface area (Å²) in [7, 11) is 0. The Morgan fingerprint density at radius 3 is 2.65 bits per heavy atom. The molecule has 0 atom stereocenters. The van der Waals surface area contributed by atoms with Gasteiger partial charge in [-0.1, -0.05) is 0 Å². The highest BCUT2D eigenvalue weighted by atomic mass is 16.5. The van der Waals surface area contributed by atoms with Crippen molar-refractivity contribution < 1.29 is 14.6 Å². The SMILES string of the molecule is Cc1cc2c(CO)nncc2c(C)c1C(=O)OC(C)C. The Balaban J connectivity index is 2.67. The van der Waals surface area contributed by atoms with Gasteiger partial charge >= 0.3 is 5.97 Å². The van der Waals surface area contributed by atoms with E-state index in [0.29, 0.717) is 11.3 Å². The number of aliphatic hydroxyl groups is 1. The fraction of sp³-hybridized carbons (Fsp3) is 0.400. The molecule has 0 spiro atoms. The first-order valence-corrected chi connectivity index (χ1v) is 6.52. The smallest absolute Gasteiger partial charge is 0.338 e. The molecule has 106 valence electrons. The maximum absolute atomic E-state index is 12.2. The van der Waals surface area contributed by atoms with Crippen LogP contribution in [0.3, 0.4) is 0 Å². The van der Waals surface area contributed by atoms with E-state index in [1.807, 2.05) is 33.8 Å². The molecule has 2 aromatic rings. The molecule has 0 aliphatic rings. The Kier molecular flexibility index (Phi) is 3.99. The minimum atomic E-state index is -0.334. The lowest BCUT2D eigenvalue weighted by Crippen LogP contribution is -2.14. The van der Waals surface area contributed by atoms with Crippen molar-refractivity contribution in [2.24, 2.45) is 0 Å². The molecule has 0 radical (unpaired) electrons. The summed E-state index contributed by atoms with van der Waals surface area (Å²) < 4.78 is 5.28. The number of carbonyl (C=O) groups is 1. The lowest BCUT2D eigenvalue weighted by molar-refractivity contribution is 0.0376. The van der Waals surface area contributed by atoms with Crippen molar-refractivity contribution in [3.05, 3.63) is 34.6 Å². The van der Waals surface area contributed by atoms with Crippen molar-refractivity contribution in [2.75, 3.05) is 0 Å². The molecule has 5 heteroatoms. The van der Waals surface area contributed by atoms with Crippen molar-refractivity contribution >= 4 is 16.7 Å². The molecule has 0 bridgehead atoms. The Morgan fingerprint density at radius 1 is 1.35 bits per heavy atom. The number of esters is 1. The number of nitrogens with zero attached hydrogens (tertiary/aromatic N) is 2. The molecule has 20 heavy (non-hydrogen) atoms. The van der Waals surface area contributed by atoms with Crippen LogP contribution in [0.5, 0.6) is 0 Å². The zero-order valence-corrected chi connectivity index (χ0v) is 12.1. The quantitative estimate of drug-likeness (QED) is 0.869. The molecule has 1 aromatic carbocycles. The third-order valence-corrected chi connectivity index (χ3v) is 3.20. The van der Waals surface area contributed by atoms with E-state index in [1.54, 1.807) is 6.20 Å². The maximum Gasteiger partial charge on any atom is 0.338 e. The van der Waals surface area contributed by atoms with Crippen LogP contribution < -0.4 is 0 Å². The van der Waals surface area contributed by atoms with Gasteiger partial charge in [-0.15, -0.1) is 0 Å². The minimum absolute atomic E-state index is 0.166. The summed E-state index contributed by atoms with van der Waals surface area (Å²) in [5.41, 5.74) is 2.68. The summed E-state index contributed by atoms with van der Waals surface area (Å²) in [4.78, 5) is 12.2. The van der Waals surface area contributed by atoms with Gasteiger partial charge in [-0.05, 0) is 44.9 Å². The highest BCUT2D eigenvalue weighted by Crippen LogP contribution is 2.27. The maximum atomic E-state index is 12.2. The number of ether oxygens (including phenoxy) is 1. The normalized spacial score (nSPS) is 11.1. The second-order valence-corrected chi connectivity index (χ2v) is 5.06. The second kappa shape index (κ2) is 5.54. The number of hydrogen-bond donors (Lipinski definition) is 1. The summed E-state index contributed by atoms with van der Waals surface area (Å²) in [6.07, 6.45) is 1.44. The molecule has 0 saturated carbocycles. The third-order valence-electron chi connectivity index (χ3n) is 3.20. The van der Waals surface area contributed by atoms with Gasteiger partial charge in [0.1, 0.15) is 0 Å². The summed E-state index contributed by atoms with van der Waals surface area (Å²) in [5, 5.41) is 18.7. The Morgan fingerprint density at radius 2 is 2.05 bits per heavy atom. The van der Waals surface area contributed by atoms with Gasteiger partial charge in [0, 0.05) is 10.8 Å². The van der Waals surface area contributed by atoms with Gasteiger partial charge in [-0.2, -0.15) is 10.2 Å². The van der Waals surface area contributed by atoms with Crippen LogP contribution in [0.15, 0.2) is 12.3 Å². The van der Waals surface area contributed by atoms with Crippen LogP contribution in [0.4, 0.5) is 0 Å². The molecule has 1 aromatic heterocycles. The standard InChI is InChI=1S/C15H18N2O3/c1-8(2)20-15(19)14-9(3)5-11-12(10(14)4)6-16-17-13(11)7-18/h5-6,8,18H,7H2,1-4H3. The van der Waals surface area contributed by atoms with Crippen LogP contribution >= 0.6 is 0 Å². The van der Waals surface area contributed by atoms with Gasteiger partial charge in [0.15, 0.2) is 0 Å². The predicted octanol–water partition coefficient (Wildman–Crippen LogP) is 2.30. The summed E-state index contributed by atoms with van der Waals surface area (Å²) in [6, 6.07) is 1.85. The molecular weight excluding hydrogens is 256 g/mol.